The number of aliphatic hydroxyl groups is 1. The third-order valence-electron chi connectivity index (χ3n) is 4.79. The van der Waals surface area contributed by atoms with Crippen LogP contribution in [0.3, 0.4) is 0 Å². The van der Waals surface area contributed by atoms with Gasteiger partial charge in [0.05, 0.1) is 6.10 Å². The molecule has 4 atom stereocenters. The Balaban J connectivity index is 1.45. The molecular formula is C13H24N2O. The SMILES string of the molecule is OC1CCC(CNC2CCN3CCCC23)C1. The summed E-state index contributed by atoms with van der Waals surface area (Å²) in [7, 11) is 0. The van der Waals surface area contributed by atoms with E-state index >= 15 is 0 Å². The van der Waals surface area contributed by atoms with Crippen molar-refractivity contribution in [3.05, 3.63) is 0 Å². The fourth-order valence-electron chi connectivity index (χ4n) is 3.87. The molecule has 1 aliphatic carbocycles. The Morgan fingerprint density at radius 2 is 2.06 bits per heavy atom. The average Bonchev–Trinajstić information content (AvgIpc) is 2.91. The van der Waals surface area contributed by atoms with Crippen molar-refractivity contribution in [1.82, 2.24) is 10.2 Å². The van der Waals surface area contributed by atoms with Crippen LogP contribution in [0.4, 0.5) is 0 Å². The first-order valence-electron chi connectivity index (χ1n) is 6.98. The minimum absolute atomic E-state index is 0.0154. The topological polar surface area (TPSA) is 35.5 Å². The maximum Gasteiger partial charge on any atom is 0.0543 e. The Kier molecular flexibility index (Phi) is 3.18. The summed E-state index contributed by atoms with van der Waals surface area (Å²) in [4.78, 5) is 2.65. The smallest absolute Gasteiger partial charge is 0.0543 e. The first kappa shape index (κ1) is 11.0. The molecule has 0 radical (unpaired) electrons. The summed E-state index contributed by atoms with van der Waals surface area (Å²) in [5, 5.41) is 13.3. The fraction of sp³-hybridized carbons (Fsp3) is 1.00. The van der Waals surface area contributed by atoms with Crippen LogP contribution in [0.25, 0.3) is 0 Å². The van der Waals surface area contributed by atoms with Crippen LogP contribution in [0.5, 0.6) is 0 Å². The van der Waals surface area contributed by atoms with Gasteiger partial charge in [-0.15, -0.1) is 0 Å². The second-order valence-corrected chi connectivity index (χ2v) is 5.88. The summed E-state index contributed by atoms with van der Waals surface area (Å²) in [6.07, 6.45) is 7.37. The molecular weight excluding hydrogens is 200 g/mol. The molecule has 3 nitrogen and oxygen atoms in total. The van der Waals surface area contributed by atoms with Gasteiger partial charge >= 0.3 is 0 Å². The highest BCUT2D eigenvalue weighted by molar-refractivity contribution is 4.96. The van der Waals surface area contributed by atoms with Crippen LogP contribution in [-0.4, -0.2) is 47.8 Å². The van der Waals surface area contributed by atoms with Crippen LogP contribution in [0, 0.1) is 5.92 Å². The van der Waals surface area contributed by atoms with Crippen molar-refractivity contribution in [2.45, 2.75) is 56.7 Å². The van der Waals surface area contributed by atoms with Crippen molar-refractivity contribution in [3.63, 3.8) is 0 Å². The number of rotatable bonds is 3. The molecule has 2 saturated heterocycles. The predicted octanol–water partition coefficient (Wildman–Crippen LogP) is 0.974. The van der Waals surface area contributed by atoms with E-state index in [0.29, 0.717) is 0 Å². The zero-order chi connectivity index (χ0) is 11.0. The van der Waals surface area contributed by atoms with Gasteiger partial charge in [-0.2, -0.15) is 0 Å². The van der Waals surface area contributed by atoms with E-state index in [1.165, 1.54) is 38.8 Å². The lowest BCUT2D eigenvalue weighted by atomic mass is 10.0. The number of aliphatic hydroxyl groups excluding tert-OH is 1. The first-order chi connectivity index (χ1) is 7.83. The molecule has 0 bridgehead atoms. The Labute approximate surface area is 98.2 Å². The van der Waals surface area contributed by atoms with Gasteiger partial charge in [-0.3, -0.25) is 4.90 Å². The monoisotopic (exact) mass is 224 g/mol. The molecule has 3 heteroatoms. The molecule has 3 aliphatic rings. The van der Waals surface area contributed by atoms with E-state index in [1.54, 1.807) is 0 Å². The van der Waals surface area contributed by atoms with E-state index < -0.39 is 0 Å². The second kappa shape index (κ2) is 4.63. The van der Waals surface area contributed by atoms with Crippen LogP contribution in [0.1, 0.15) is 38.5 Å². The van der Waals surface area contributed by atoms with Crippen LogP contribution >= 0.6 is 0 Å². The van der Waals surface area contributed by atoms with Crippen LogP contribution < -0.4 is 5.32 Å². The third-order valence-corrected chi connectivity index (χ3v) is 4.79. The summed E-state index contributed by atoms with van der Waals surface area (Å²) in [6.45, 7) is 3.76. The molecule has 1 saturated carbocycles. The Bertz CT molecular complexity index is 246. The number of fused-ring (bicyclic) bond motifs is 1. The number of nitrogens with one attached hydrogen (secondary N) is 1. The Morgan fingerprint density at radius 1 is 1.12 bits per heavy atom. The third kappa shape index (κ3) is 2.13. The van der Waals surface area contributed by atoms with Crippen LogP contribution in [0.2, 0.25) is 0 Å². The molecule has 3 fully saturated rings. The molecule has 0 aromatic heterocycles. The molecule has 2 aliphatic heterocycles. The maximum atomic E-state index is 9.51. The highest BCUT2D eigenvalue weighted by atomic mass is 16.3. The van der Waals surface area contributed by atoms with Gasteiger partial charge in [0, 0.05) is 18.6 Å². The fourth-order valence-corrected chi connectivity index (χ4v) is 3.87. The molecule has 4 unspecified atom stereocenters. The molecule has 16 heavy (non-hydrogen) atoms. The van der Waals surface area contributed by atoms with Gasteiger partial charge in [-0.25, -0.2) is 0 Å². The van der Waals surface area contributed by atoms with Crippen molar-refractivity contribution in [1.29, 1.82) is 0 Å². The van der Waals surface area contributed by atoms with Crippen molar-refractivity contribution >= 4 is 0 Å². The van der Waals surface area contributed by atoms with Gasteiger partial charge in [-0.1, -0.05) is 0 Å². The molecule has 0 aromatic rings. The second-order valence-electron chi connectivity index (χ2n) is 5.88. The molecule has 0 amide bonds. The minimum atomic E-state index is -0.0154. The van der Waals surface area contributed by atoms with Crippen LogP contribution in [-0.2, 0) is 0 Å². The molecule has 3 rings (SSSR count). The van der Waals surface area contributed by atoms with Crippen LogP contribution in [0.15, 0.2) is 0 Å². The van der Waals surface area contributed by atoms with E-state index in [1.807, 2.05) is 0 Å². The zero-order valence-corrected chi connectivity index (χ0v) is 10.1. The summed E-state index contributed by atoms with van der Waals surface area (Å²) >= 11 is 0. The van der Waals surface area contributed by atoms with Gasteiger partial charge in [0.25, 0.3) is 0 Å². The van der Waals surface area contributed by atoms with Gasteiger partial charge in [-0.05, 0) is 57.5 Å². The van der Waals surface area contributed by atoms with Gasteiger partial charge < -0.3 is 10.4 Å². The molecule has 0 spiro atoms. The van der Waals surface area contributed by atoms with Gasteiger partial charge in [0.2, 0.25) is 0 Å². The quantitative estimate of drug-likeness (QED) is 0.750. The van der Waals surface area contributed by atoms with Crippen molar-refractivity contribution in [2.24, 2.45) is 5.92 Å². The van der Waals surface area contributed by atoms with Crippen molar-refractivity contribution < 1.29 is 5.11 Å². The summed E-state index contributed by atoms with van der Waals surface area (Å²) in [5.41, 5.74) is 0. The van der Waals surface area contributed by atoms with E-state index in [9.17, 15) is 5.11 Å². The lowest BCUT2D eigenvalue weighted by Gasteiger charge is -2.23. The molecule has 2 N–H and O–H groups in total. The van der Waals surface area contributed by atoms with Gasteiger partial charge in [0.15, 0.2) is 0 Å². The molecule has 92 valence electrons. The lowest BCUT2D eigenvalue weighted by molar-refractivity contribution is 0.176. The summed E-state index contributed by atoms with van der Waals surface area (Å²) in [5.74, 6) is 0.727. The van der Waals surface area contributed by atoms with Crippen molar-refractivity contribution in [3.8, 4) is 0 Å². The van der Waals surface area contributed by atoms with E-state index in [4.69, 9.17) is 0 Å². The number of hydrogen-bond donors (Lipinski definition) is 2. The molecule has 2 heterocycles. The Hall–Kier alpha value is -0.120. The van der Waals surface area contributed by atoms with E-state index in [0.717, 1.165) is 37.4 Å². The average molecular weight is 224 g/mol. The number of nitrogens with zero attached hydrogens (tertiary/aromatic N) is 1. The normalized spacial score (nSPS) is 44.1. The summed E-state index contributed by atoms with van der Waals surface area (Å²) < 4.78 is 0. The lowest BCUT2D eigenvalue weighted by Crippen LogP contribution is -2.41. The zero-order valence-electron chi connectivity index (χ0n) is 10.1. The maximum absolute atomic E-state index is 9.51. The standard InChI is InChI=1S/C13H24N2O/c16-11-4-3-10(8-11)9-14-12-5-7-15-6-1-2-13(12)15/h10-14,16H,1-9H2. The van der Waals surface area contributed by atoms with E-state index in [-0.39, 0.29) is 6.10 Å². The highest BCUT2D eigenvalue weighted by Gasteiger charge is 2.37. The van der Waals surface area contributed by atoms with Gasteiger partial charge in [0.1, 0.15) is 0 Å². The number of hydrogen-bond acceptors (Lipinski definition) is 3. The van der Waals surface area contributed by atoms with Crippen molar-refractivity contribution in [2.75, 3.05) is 19.6 Å². The first-order valence-corrected chi connectivity index (χ1v) is 6.98. The summed E-state index contributed by atoms with van der Waals surface area (Å²) in [6, 6.07) is 1.56. The minimum Gasteiger partial charge on any atom is -0.393 e. The highest BCUT2D eigenvalue weighted by Crippen LogP contribution is 2.29. The largest absolute Gasteiger partial charge is 0.393 e. The molecule has 0 aromatic carbocycles. The predicted molar refractivity (Wildman–Crippen MR) is 64.4 cm³/mol. The Morgan fingerprint density at radius 3 is 2.88 bits per heavy atom. The van der Waals surface area contributed by atoms with E-state index in [2.05, 4.69) is 10.2 Å².